The highest BCUT2D eigenvalue weighted by Gasteiger charge is 2.18. The number of nitrogens with two attached hydrogens (primary N) is 1. The molecule has 0 saturated heterocycles. The average Bonchev–Trinajstić information content (AvgIpc) is 3.14. The fourth-order valence-electron chi connectivity index (χ4n) is 2.90. The van der Waals surface area contributed by atoms with Crippen LogP contribution in [-0.4, -0.2) is 16.1 Å². The van der Waals surface area contributed by atoms with Crippen LogP contribution >= 0.6 is 11.8 Å². The molecule has 0 saturated carbocycles. The lowest BCUT2D eigenvalue weighted by molar-refractivity contribution is 0.282. The lowest BCUT2D eigenvalue weighted by atomic mass is 10.1. The summed E-state index contributed by atoms with van der Waals surface area (Å²) >= 11 is 1.48. The lowest BCUT2D eigenvalue weighted by Gasteiger charge is -2.29. The summed E-state index contributed by atoms with van der Waals surface area (Å²) in [6.07, 6.45) is 3.62. The van der Waals surface area contributed by atoms with E-state index in [0.717, 1.165) is 43.7 Å². The molecule has 1 unspecified atom stereocenters. The zero-order chi connectivity index (χ0) is 20.1. The van der Waals surface area contributed by atoms with Crippen molar-refractivity contribution < 1.29 is 5.11 Å². The summed E-state index contributed by atoms with van der Waals surface area (Å²) in [5, 5.41) is 14.9. The van der Waals surface area contributed by atoms with Gasteiger partial charge in [0.25, 0.3) is 0 Å². The van der Waals surface area contributed by atoms with Crippen LogP contribution in [0, 0.1) is 0 Å². The van der Waals surface area contributed by atoms with Gasteiger partial charge in [-0.1, -0.05) is 48.4 Å². The second kappa shape index (κ2) is 9.07. The van der Waals surface area contributed by atoms with Gasteiger partial charge in [0.1, 0.15) is 0 Å². The molecule has 1 aliphatic heterocycles. The molecule has 0 bridgehead atoms. The van der Waals surface area contributed by atoms with E-state index < -0.39 is 6.04 Å². The van der Waals surface area contributed by atoms with E-state index in [1.54, 1.807) is 6.20 Å². The van der Waals surface area contributed by atoms with Crippen LogP contribution in [0.15, 0.2) is 70.4 Å². The van der Waals surface area contributed by atoms with Crippen molar-refractivity contribution in [2.24, 2.45) is 5.84 Å². The summed E-state index contributed by atoms with van der Waals surface area (Å²) in [5.74, 6) is 5.74. The molecule has 0 fully saturated rings. The Morgan fingerprint density at radius 3 is 2.61 bits per heavy atom. The Morgan fingerprint density at radius 1 is 1.32 bits per heavy atom. The standard InChI is InChI=1S/C21H23N5OS/c1-3-16(26-23)20-19(15-9-7-14(12-27)8-10-15)25-21(28-20)18(13(2)22)17-6-4-5-11-24-17/h3-11,13,22,26-27H,12,23H2,1-2H3/q-2. The van der Waals surface area contributed by atoms with Crippen molar-refractivity contribution in [3.8, 4) is 0 Å². The molecule has 3 rings (SSSR count). The first kappa shape index (κ1) is 20.2. The van der Waals surface area contributed by atoms with E-state index in [1.807, 2.05) is 62.4 Å². The van der Waals surface area contributed by atoms with E-state index in [2.05, 4.69) is 10.4 Å². The first-order valence-corrected chi connectivity index (χ1v) is 9.74. The lowest BCUT2D eigenvalue weighted by Crippen LogP contribution is -2.21. The highest BCUT2D eigenvalue weighted by Crippen LogP contribution is 2.52. The number of hydrogen-bond acceptors (Lipinski definition) is 5. The number of thioether (sulfide) groups is 1. The summed E-state index contributed by atoms with van der Waals surface area (Å²) in [6.45, 7) is 3.72. The SMILES string of the molecule is CC=C(NN)C1=C(c2ccc(CO)cc2)[N-]C(=C(c2ccccn2)C(C)[NH-])S1. The first-order valence-electron chi connectivity index (χ1n) is 8.93. The Morgan fingerprint density at radius 2 is 2.07 bits per heavy atom. The van der Waals surface area contributed by atoms with Gasteiger partial charge >= 0.3 is 0 Å². The predicted octanol–water partition coefficient (Wildman–Crippen LogP) is 4.54. The van der Waals surface area contributed by atoms with Crippen LogP contribution < -0.4 is 11.3 Å². The molecule has 1 aromatic carbocycles. The summed E-state index contributed by atoms with van der Waals surface area (Å²) < 4.78 is 0. The van der Waals surface area contributed by atoms with Gasteiger partial charge in [0.15, 0.2) is 0 Å². The zero-order valence-electron chi connectivity index (χ0n) is 15.8. The van der Waals surface area contributed by atoms with Crippen LogP contribution in [0.3, 0.4) is 0 Å². The molecule has 6 nitrogen and oxygen atoms in total. The minimum Gasteiger partial charge on any atom is -0.671 e. The number of allylic oxidation sites excluding steroid dienone is 1. The molecule has 5 N–H and O–H groups in total. The van der Waals surface area contributed by atoms with Crippen molar-refractivity contribution in [3.05, 3.63) is 98.2 Å². The largest absolute Gasteiger partial charge is 0.671 e. The Kier molecular flexibility index (Phi) is 6.53. The topological polar surface area (TPSA) is 109 Å². The number of nitrogens with one attached hydrogen (secondary N) is 2. The van der Waals surface area contributed by atoms with Crippen molar-refractivity contribution in [2.75, 3.05) is 0 Å². The number of aromatic nitrogens is 1. The molecular formula is C21H23N5OS-2. The van der Waals surface area contributed by atoms with Gasteiger partial charge in [0.2, 0.25) is 0 Å². The number of benzene rings is 1. The normalized spacial score (nSPS) is 17.4. The fourth-order valence-corrected chi connectivity index (χ4v) is 4.17. The van der Waals surface area contributed by atoms with Gasteiger partial charge in [-0.15, -0.1) is 23.5 Å². The van der Waals surface area contributed by atoms with Crippen LogP contribution in [0.5, 0.6) is 0 Å². The van der Waals surface area contributed by atoms with E-state index in [0.29, 0.717) is 0 Å². The molecule has 1 aliphatic rings. The third-order valence-corrected chi connectivity index (χ3v) is 5.45. The summed E-state index contributed by atoms with van der Waals surface area (Å²) in [7, 11) is 0. The second-order valence-electron chi connectivity index (χ2n) is 6.25. The van der Waals surface area contributed by atoms with Crippen LogP contribution in [0.25, 0.3) is 22.3 Å². The Balaban J connectivity index is 2.10. The maximum absolute atomic E-state index is 9.30. The number of nitrogens with zero attached hydrogens (tertiary/aromatic N) is 2. The summed E-state index contributed by atoms with van der Waals surface area (Å²) in [4.78, 5) is 5.32. The molecule has 28 heavy (non-hydrogen) atoms. The number of hydrogen-bond donors (Lipinski definition) is 3. The number of hydrazine groups is 1. The molecule has 0 radical (unpaired) electrons. The molecular weight excluding hydrogens is 370 g/mol. The molecule has 0 spiro atoms. The molecule has 146 valence electrons. The summed E-state index contributed by atoms with van der Waals surface area (Å²) in [6, 6.07) is 12.8. The van der Waals surface area contributed by atoms with Crippen LogP contribution in [0.4, 0.5) is 0 Å². The number of rotatable bonds is 6. The highest BCUT2D eigenvalue weighted by molar-refractivity contribution is 8.08. The van der Waals surface area contributed by atoms with E-state index in [9.17, 15) is 5.11 Å². The van der Waals surface area contributed by atoms with Crippen molar-refractivity contribution in [1.82, 2.24) is 10.4 Å². The van der Waals surface area contributed by atoms with Gasteiger partial charge < -0.3 is 21.6 Å². The molecule has 0 aliphatic carbocycles. The fraction of sp³-hybridized carbons (Fsp3) is 0.190. The van der Waals surface area contributed by atoms with Crippen molar-refractivity contribution in [2.45, 2.75) is 26.5 Å². The Hall–Kier alpha value is -2.58. The number of aliphatic hydroxyl groups excluding tert-OH is 1. The van der Waals surface area contributed by atoms with Crippen LogP contribution in [-0.2, 0) is 6.61 Å². The van der Waals surface area contributed by atoms with Gasteiger partial charge in [-0.05, 0) is 35.8 Å². The quantitative estimate of drug-likeness (QED) is 0.493. The van der Waals surface area contributed by atoms with E-state index in [-0.39, 0.29) is 6.61 Å². The Bertz CT molecular complexity index is 918. The van der Waals surface area contributed by atoms with E-state index >= 15 is 0 Å². The average molecular weight is 394 g/mol. The number of aliphatic hydroxyl groups is 1. The third-order valence-electron chi connectivity index (χ3n) is 4.33. The van der Waals surface area contributed by atoms with Crippen LogP contribution in [0.1, 0.15) is 30.7 Å². The predicted molar refractivity (Wildman–Crippen MR) is 116 cm³/mol. The smallest absolute Gasteiger partial charge is 0.0681 e. The third kappa shape index (κ3) is 4.13. The van der Waals surface area contributed by atoms with E-state index in [1.165, 1.54) is 11.8 Å². The highest BCUT2D eigenvalue weighted by atomic mass is 32.2. The minimum atomic E-state index is -0.488. The van der Waals surface area contributed by atoms with Crippen LogP contribution in [0.2, 0.25) is 0 Å². The molecule has 7 heteroatoms. The maximum Gasteiger partial charge on any atom is 0.0681 e. The number of pyridine rings is 1. The van der Waals surface area contributed by atoms with Gasteiger partial charge in [0, 0.05) is 11.1 Å². The zero-order valence-corrected chi connectivity index (χ0v) is 16.6. The van der Waals surface area contributed by atoms with Crippen molar-refractivity contribution in [3.63, 3.8) is 0 Å². The monoisotopic (exact) mass is 393 g/mol. The summed E-state index contributed by atoms with van der Waals surface area (Å²) in [5.41, 5.74) is 15.9. The van der Waals surface area contributed by atoms with Gasteiger partial charge in [-0.25, -0.2) is 0 Å². The second-order valence-corrected chi connectivity index (χ2v) is 7.25. The first-order chi connectivity index (χ1) is 13.6. The minimum absolute atomic E-state index is 0.00607. The van der Waals surface area contributed by atoms with Gasteiger partial charge in [-0.3, -0.25) is 10.8 Å². The maximum atomic E-state index is 9.30. The Labute approximate surface area is 169 Å². The van der Waals surface area contributed by atoms with Crippen molar-refractivity contribution >= 4 is 23.0 Å². The van der Waals surface area contributed by atoms with E-state index in [4.69, 9.17) is 16.9 Å². The molecule has 2 aromatic rings. The molecule has 0 amide bonds. The van der Waals surface area contributed by atoms with Crippen molar-refractivity contribution in [1.29, 1.82) is 0 Å². The molecule has 1 aromatic heterocycles. The van der Waals surface area contributed by atoms with Gasteiger partial charge in [-0.2, -0.15) is 0 Å². The molecule has 1 atom stereocenters. The molecule has 2 heterocycles. The van der Waals surface area contributed by atoms with Gasteiger partial charge in [0.05, 0.1) is 18.0 Å².